The molecular formula is C9H5Cl2NO6. The van der Waals surface area contributed by atoms with Gasteiger partial charge in [-0.15, -0.1) is 0 Å². The average molecular weight is 294 g/mol. The normalized spacial score (nSPS) is 12.6. The minimum Gasteiger partial charge on any atom is -0.454 e. The van der Waals surface area contributed by atoms with Crippen molar-refractivity contribution in [3.05, 3.63) is 27.8 Å². The quantitative estimate of drug-likeness (QED) is 0.367. The van der Waals surface area contributed by atoms with Crippen LogP contribution in [0.3, 0.4) is 0 Å². The minimum atomic E-state index is -1.41. The van der Waals surface area contributed by atoms with E-state index in [4.69, 9.17) is 32.7 Å². The second-order valence-electron chi connectivity index (χ2n) is 3.15. The van der Waals surface area contributed by atoms with Crippen LogP contribution in [0.2, 0.25) is 0 Å². The van der Waals surface area contributed by atoms with Gasteiger partial charge in [-0.3, -0.25) is 10.1 Å². The Hall–Kier alpha value is -1.73. The molecule has 0 amide bonds. The van der Waals surface area contributed by atoms with Gasteiger partial charge in [-0.1, -0.05) is 23.2 Å². The van der Waals surface area contributed by atoms with Gasteiger partial charge >= 0.3 is 5.97 Å². The summed E-state index contributed by atoms with van der Waals surface area (Å²) in [6.45, 7) is -0.0708. The second-order valence-corrected chi connectivity index (χ2v) is 4.16. The Morgan fingerprint density at radius 1 is 1.39 bits per heavy atom. The number of nitro benzene ring substituents is 1. The van der Waals surface area contributed by atoms with E-state index in [1.807, 2.05) is 0 Å². The van der Waals surface area contributed by atoms with E-state index < -0.39 is 21.6 Å². The van der Waals surface area contributed by atoms with Crippen molar-refractivity contribution in [3.63, 3.8) is 0 Å². The molecule has 0 bridgehead atoms. The van der Waals surface area contributed by atoms with E-state index in [1.165, 1.54) is 0 Å². The average Bonchev–Trinajstić information content (AvgIpc) is 2.72. The highest BCUT2D eigenvalue weighted by Gasteiger charge is 2.28. The van der Waals surface area contributed by atoms with Gasteiger partial charge in [-0.2, -0.15) is 0 Å². The summed E-state index contributed by atoms with van der Waals surface area (Å²) >= 11 is 10.5. The maximum absolute atomic E-state index is 11.6. The van der Waals surface area contributed by atoms with Crippen molar-refractivity contribution >= 4 is 34.9 Å². The molecule has 18 heavy (non-hydrogen) atoms. The third kappa shape index (κ3) is 2.41. The van der Waals surface area contributed by atoms with Gasteiger partial charge < -0.3 is 14.2 Å². The molecule has 0 radical (unpaired) electrons. The Labute approximate surface area is 110 Å². The Balaban J connectivity index is 2.44. The molecule has 2 rings (SSSR count). The van der Waals surface area contributed by atoms with Crippen LogP contribution in [0.5, 0.6) is 11.5 Å². The molecule has 0 atom stereocenters. The summed E-state index contributed by atoms with van der Waals surface area (Å²) in [5, 5.41) is 9.43. The smallest absolute Gasteiger partial charge is 0.347 e. The molecule has 0 fully saturated rings. The number of esters is 1. The van der Waals surface area contributed by atoms with Gasteiger partial charge in [-0.05, 0) is 0 Å². The van der Waals surface area contributed by atoms with Crippen LogP contribution in [0.1, 0.15) is 10.4 Å². The predicted molar refractivity (Wildman–Crippen MR) is 60.1 cm³/mol. The van der Waals surface area contributed by atoms with Crippen LogP contribution in [0.4, 0.5) is 5.69 Å². The predicted octanol–water partition coefficient (Wildman–Crippen LogP) is 2.24. The number of halogens is 2. The highest BCUT2D eigenvalue weighted by molar-refractivity contribution is 6.43. The molecule has 0 aliphatic carbocycles. The molecule has 1 aliphatic rings. The molecule has 0 N–H and O–H groups in total. The van der Waals surface area contributed by atoms with Crippen molar-refractivity contribution in [3.8, 4) is 11.5 Å². The summed E-state index contributed by atoms with van der Waals surface area (Å²) in [4.78, 5) is 21.7. The fourth-order valence-electron chi connectivity index (χ4n) is 1.39. The van der Waals surface area contributed by atoms with Gasteiger partial charge in [0.2, 0.25) is 6.79 Å². The number of ether oxygens (including phenoxy) is 3. The Kier molecular flexibility index (Phi) is 3.44. The van der Waals surface area contributed by atoms with E-state index in [2.05, 4.69) is 4.74 Å². The number of nitrogens with zero attached hydrogens (tertiary/aromatic N) is 1. The molecule has 0 saturated heterocycles. The first-order valence-electron chi connectivity index (χ1n) is 4.56. The van der Waals surface area contributed by atoms with Crippen LogP contribution in [0.25, 0.3) is 0 Å². The van der Waals surface area contributed by atoms with Crippen molar-refractivity contribution in [1.29, 1.82) is 0 Å². The second kappa shape index (κ2) is 4.87. The molecule has 1 aromatic carbocycles. The van der Waals surface area contributed by atoms with Gasteiger partial charge in [0.1, 0.15) is 5.56 Å². The first kappa shape index (κ1) is 12.7. The molecule has 7 nitrogen and oxygen atoms in total. The number of fused-ring (bicyclic) bond motifs is 1. The standard InChI is InChI=1S/C9H5Cl2NO6/c10-9(11)18-8(13)4-1-6-7(17-3-16-6)2-5(4)12(14)15/h1-2,9H,3H2. The number of alkyl halides is 2. The Morgan fingerprint density at radius 2 is 2.00 bits per heavy atom. The molecule has 0 aromatic heterocycles. The zero-order valence-corrected chi connectivity index (χ0v) is 10.1. The van der Waals surface area contributed by atoms with Gasteiger partial charge in [-0.25, -0.2) is 4.79 Å². The van der Waals surface area contributed by atoms with Crippen LogP contribution < -0.4 is 9.47 Å². The lowest BCUT2D eigenvalue weighted by Crippen LogP contribution is -2.10. The van der Waals surface area contributed by atoms with Crippen molar-refractivity contribution in [1.82, 2.24) is 0 Å². The fraction of sp³-hybridized carbons (Fsp3) is 0.222. The molecule has 96 valence electrons. The number of rotatable bonds is 3. The number of carbonyl (C=O) groups is 1. The molecule has 0 saturated carbocycles. The summed E-state index contributed by atoms with van der Waals surface area (Å²) in [5.74, 6) is -0.616. The Bertz CT molecular complexity index is 518. The van der Waals surface area contributed by atoms with Gasteiger partial charge in [0.05, 0.1) is 11.0 Å². The topological polar surface area (TPSA) is 87.9 Å². The summed E-state index contributed by atoms with van der Waals surface area (Å²) in [6.07, 6.45) is 0. The van der Waals surface area contributed by atoms with Crippen molar-refractivity contribution < 1.29 is 23.9 Å². The summed E-state index contributed by atoms with van der Waals surface area (Å²) in [5.41, 5.74) is -0.784. The van der Waals surface area contributed by atoms with Crippen LogP contribution in [0, 0.1) is 10.1 Å². The van der Waals surface area contributed by atoms with Crippen LogP contribution in [-0.2, 0) is 4.74 Å². The van der Waals surface area contributed by atoms with E-state index in [0.717, 1.165) is 12.1 Å². The molecule has 1 heterocycles. The zero-order chi connectivity index (χ0) is 13.3. The first-order valence-corrected chi connectivity index (χ1v) is 5.43. The van der Waals surface area contributed by atoms with Gasteiger partial charge in [0.25, 0.3) is 10.7 Å². The lowest BCUT2D eigenvalue weighted by Gasteiger charge is -2.06. The zero-order valence-electron chi connectivity index (χ0n) is 8.59. The Morgan fingerprint density at radius 3 is 2.56 bits per heavy atom. The van der Waals surface area contributed by atoms with E-state index >= 15 is 0 Å². The largest absolute Gasteiger partial charge is 0.454 e. The summed E-state index contributed by atoms with van der Waals surface area (Å²) in [6, 6.07) is 2.23. The number of benzene rings is 1. The third-order valence-electron chi connectivity index (χ3n) is 2.10. The van der Waals surface area contributed by atoms with Crippen LogP contribution >= 0.6 is 23.2 Å². The van der Waals surface area contributed by atoms with Crippen molar-refractivity contribution in [2.45, 2.75) is 5.02 Å². The highest BCUT2D eigenvalue weighted by atomic mass is 35.5. The lowest BCUT2D eigenvalue weighted by atomic mass is 10.1. The molecule has 0 spiro atoms. The van der Waals surface area contributed by atoms with E-state index in [9.17, 15) is 14.9 Å². The van der Waals surface area contributed by atoms with Crippen LogP contribution in [0.15, 0.2) is 12.1 Å². The van der Waals surface area contributed by atoms with Crippen LogP contribution in [-0.4, -0.2) is 22.7 Å². The highest BCUT2D eigenvalue weighted by Crippen LogP contribution is 2.38. The third-order valence-corrected chi connectivity index (χ3v) is 2.28. The maximum atomic E-state index is 11.6. The molecular weight excluding hydrogens is 289 g/mol. The van der Waals surface area contributed by atoms with Crippen molar-refractivity contribution in [2.24, 2.45) is 0 Å². The first-order chi connectivity index (χ1) is 8.49. The summed E-state index contributed by atoms with van der Waals surface area (Å²) < 4.78 is 14.5. The fourth-order valence-corrected chi connectivity index (χ4v) is 1.55. The van der Waals surface area contributed by atoms with Crippen molar-refractivity contribution in [2.75, 3.05) is 6.79 Å². The monoisotopic (exact) mass is 293 g/mol. The molecule has 1 aliphatic heterocycles. The van der Waals surface area contributed by atoms with Gasteiger partial charge in [0.15, 0.2) is 11.5 Å². The van der Waals surface area contributed by atoms with E-state index in [-0.39, 0.29) is 23.9 Å². The minimum absolute atomic E-state index is 0.0708. The molecule has 9 heteroatoms. The molecule has 0 unspecified atom stereocenters. The number of carbonyl (C=O) groups excluding carboxylic acids is 1. The lowest BCUT2D eigenvalue weighted by molar-refractivity contribution is -0.385. The number of hydrogen-bond acceptors (Lipinski definition) is 6. The van der Waals surface area contributed by atoms with E-state index in [1.54, 1.807) is 0 Å². The molecule has 1 aromatic rings. The number of hydrogen-bond donors (Lipinski definition) is 0. The maximum Gasteiger partial charge on any atom is 0.347 e. The SMILES string of the molecule is O=C(OC(Cl)Cl)c1cc2c(cc1[N+](=O)[O-])OCO2. The number of nitro groups is 1. The summed E-state index contributed by atoms with van der Waals surface area (Å²) in [7, 11) is 0. The van der Waals surface area contributed by atoms with Gasteiger partial charge in [0, 0.05) is 6.07 Å². The van der Waals surface area contributed by atoms with E-state index in [0.29, 0.717) is 0 Å².